The molecule has 0 saturated heterocycles. The smallest absolute Gasteiger partial charge is 0.343 e. The maximum Gasteiger partial charge on any atom is 0.343 e. The molecule has 0 aliphatic carbocycles. The van der Waals surface area contributed by atoms with Gasteiger partial charge in [-0.1, -0.05) is 37.3 Å². The van der Waals surface area contributed by atoms with Gasteiger partial charge in [0.1, 0.15) is 29.4 Å². The lowest BCUT2D eigenvalue weighted by Crippen LogP contribution is -2.44. The van der Waals surface area contributed by atoms with E-state index in [1.54, 1.807) is 50.0 Å². The number of hydrogen-bond donors (Lipinski definition) is 1. The molecule has 0 fully saturated rings. The van der Waals surface area contributed by atoms with Crippen molar-refractivity contribution in [3.05, 3.63) is 122 Å². The Labute approximate surface area is 268 Å². The molecule has 2 aliphatic rings. The van der Waals surface area contributed by atoms with Crippen LogP contribution in [0, 0.1) is 0 Å². The quantitative estimate of drug-likeness (QED) is 0.249. The lowest BCUT2D eigenvalue weighted by atomic mass is 9.86. The normalized spacial score (nSPS) is 16.0. The summed E-state index contributed by atoms with van der Waals surface area (Å²) >= 11 is 0. The lowest BCUT2D eigenvalue weighted by molar-refractivity contribution is -0.172. The van der Waals surface area contributed by atoms with Crippen molar-refractivity contribution in [2.24, 2.45) is 0 Å². The first-order valence-corrected chi connectivity index (χ1v) is 15.1. The third kappa shape index (κ3) is 5.03. The highest BCUT2D eigenvalue weighted by Gasteiger charge is 2.45. The summed E-state index contributed by atoms with van der Waals surface area (Å²) in [6.45, 7) is 2.01. The minimum absolute atomic E-state index is 0.0864. The molecule has 2 aliphatic heterocycles. The van der Waals surface area contributed by atoms with Gasteiger partial charge >= 0.3 is 5.97 Å². The largest absolute Gasteiger partial charge is 0.497 e. The molecule has 0 radical (unpaired) electrons. The van der Waals surface area contributed by atoms with Crippen LogP contribution in [0.5, 0.6) is 11.5 Å². The zero-order valence-electron chi connectivity index (χ0n) is 25.9. The fraction of sp³-hybridized carbons (Fsp3) is 0.189. The number of aliphatic hydroxyl groups is 1. The lowest BCUT2D eigenvalue weighted by Gasteiger charge is -2.31. The molecule has 3 aromatic carbocycles. The van der Waals surface area contributed by atoms with Crippen molar-refractivity contribution in [3.8, 4) is 34.2 Å². The zero-order valence-corrected chi connectivity index (χ0v) is 25.9. The van der Waals surface area contributed by atoms with Crippen LogP contribution in [-0.4, -0.2) is 34.8 Å². The minimum Gasteiger partial charge on any atom is -0.497 e. The maximum absolute atomic E-state index is 13.0. The highest BCUT2D eigenvalue weighted by Crippen LogP contribution is 2.38. The Morgan fingerprint density at radius 2 is 1.70 bits per heavy atom. The van der Waals surface area contributed by atoms with Gasteiger partial charge in [0.2, 0.25) is 0 Å². The Morgan fingerprint density at radius 1 is 0.915 bits per heavy atom. The molecule has 10 nitrogen and oxygen atoms in total. The van der Waals surface area contributed by atoms with E-state index >= 15 is 0 Å². The van der Waals surface area contributed by atoms with Crippen LogP contribution in [-0.2, 0) is 28.3 Å². The van der Waals surface area contributed by atoms with Crippen molar-refractivity contribution in [2.45, 2.75) is 32.1 Å². The van der Waals surface area contributed by atoms with Gasteiger partial charge in [0.25, 0.3) is 5.56 Å². The highest BCUT2D eigenvalue weighted by molar-refractivity contribution is 5.86. The van der Waals surface area contributed by atoms with Crippen molar-refractivity contribution in [3.63, 3.8) is 0 Å². The van der Waals surface area contributed by atoms with E-state index in [0.29, 0.717) is 51.6 Å². The predicted molar refractivity (Wildman–Crippen MR) is 176 cm³/mol. The first kappa shape index (κ1) is 29.9. The molecule has 0 spiro atoms. The van der Waals surface area contributed by atoms with Crippen LogP contribution in [0.25, 0.3) is 44.6 Å². The molecule has 236 valence electrons. The average Bonchev–Trinajstić information content (AvgIpc) is 3.46. The molecule has 3 aromatic heterocycles. The zero-order chi connectivity index (χ0) is 32.9. The number of carbonyl (C=O) groups excluding carboxylic acids is 1. The Hall–Kier alpha value is -5.74. The van der Waals surface area contributed by atoms with Gasteiger partial charge < -0.3 is 28.3 Å². The molecule has 10 heteroatoms. The summed E-state index contributed by atoms with van der Waals surface area (Å²) in [5.74, 6) is 1.15. The number of para-hydroxylation sites is 1. The van der Waals surface area contributed by atoms with Crippen LogP contribution in [0.1, 0.15) is 30.0 Å². The molecule has 0 saturated carbocycles. The van der Waals surface area contributed by atoms with E-state index in [-0.39, 0.29) is 24.0 Å². The predicted octanol–water partition coefficient (Wildman–Crippen LogP) is 5.56. The van der Waals surface area contributed by atoms with Gasteiger partial charge in [0.15, 0.2) is 11.0 Å². The molecule has 0 bridgehead atoms. The fourth-order valence-electron chi connectivity index (χ4n) is 6.11. The number of benzene rings is 3. The topological polar surface area (TPSA) is 130 Å². The van der Waals surface area contributed by atoms with Crippen molar-refractivity contribution in [1.29, 1.82) is 0 Å². The number of rotatable bonds is 4. The summed E-state index contributed by atoms with van der Waals surface area (Å²) in [4.78, 5) is 42.1. The number of cyclic esters (lactones) is 1. The number of hydrogen-bond acceptors (Lipinski definition) is 9. The monoisotopic (exact) mass is 630 g/mol. The number of aromatic nitrogens is 2. The van der Waals surface area contributed by atoms with E-state index in [1.165, 1.54) is 6.07 Å². The van der Waals surface area contributed by atoms with Crippen molar-refractivity contribution < 1.29 is 28.5 Å². The highest BCUT2D eigenvalue weighted by atomic mass is 16.6. The van der Waals surface area contributed by atoms with Gasteiger partial charge in [-0.2, -0.15) is 0 Å². The van der Waals surface area contributed by atoms with Crippen LogP contribution >= 0.6 is 0 Å². The Kier molecular flexibility index (Phi) is 7.37. The molecular weight excluding hydrogens is 600 g/mol. The van der Waals surface area contributed by atoms with Crippen LogP contribution in [0.2, 0.25) is 0 Å². The maximum atomic E-state index is 13.0. The van der Waals surface area contributed by atoms with Gasteiger partial charge in [-0.05, 0) is 48.9 Å². The molecule has 0 amide bonds. The van der Waals surface area contributed by atoms with E-state index in [4.69, 9.17) is 23.6 Å². The van der Waals surface area contributed by atoms with Crippen molar-refractivity contribution in [2.75, 3.05) is 14.2 Å². The van der Waals surface area contributed by atoms with Gasteiger partial charge in [0, 0.05) is 34.2 Å². The van der Waals surface area contributed by atoms with Crippen LogP contribution < -0.4 is 20.5 Å². The number of nitrogens with zero attached hydrogens (tertiary/aromatic N) is 2. The average molecular weight is 631 g/mol. The number of fused-ring (bicyclic) bond motifs is 6. The second kappa shape index (κ2) is 11.6. The Balaban J connectivity index is 0.000000153. The van der Waals surface area contributed by atoms with E-state index in [9.17, 15) is 19.5 Å². The molecule has 1 N–H and O–H groups in total. The summed E-state index contributed by atoms with van der Waals surface area (Å²) in [7, 11) is 3.17. The fourth-order valence-corrected chi connectivity index (χ4v) is 6.11. The molecule has 5 heterocycles. The van der Waals surface area contributed by atoms with Crippen molar-refractivity contribution >= 4 is 27.8 Å². The SMILES string of the molecule is CCC1(O)C(=O)OCc2c1cc1n(c2=O)Cc2cc3ccccc3nc2-1.COc1cccc(-c2cc(=O)c3ccc(OC)cc3o2)c1. The Morgan fingerprint density at radius 3 is 2.49 bits per heavy atom. The number of pyridine rings is 2. The number of carbonyl (C=O) groups is 1. The second-order valence-corrected chi connectivity index (χ2v) is 11.4. The third-order valence-corrected chi connectivity index (χ3v) is 8.71. The molecular formula is C37H30N2O8. The first-order valence-electron chi connectivity index (χ1n) is 15.1. The summed E-state index contributed by atoms with van der Waals surface area (Å²) in [5.41, 5.74) is 3.02. The molecule has 1 atom stereocenters. The van der Waals surface area contributed by atoms with Crippen LogP contribution in [0.3, 0.4) is 0 Å². The molecule has 6 aromatic rings. The first-order chi connectivity index (χ1) is 22.7. The molecule has 1 unspecified atom stereocenters. The van der Waals surface area contributed by atoms with E-state index in [1.807, 2.05) is 54.6 Å². The summed E-state index contributed by atoms with van der Waals surface area (Å²) in [6.07, 6.45) is 0.139. The van der Waals surface area contributed by atoms with Gasteiger partial charge in [0.05, 0.1) is 48.6 Å². The molecule has 47 heavy (non-hydrogen) atoms. The van der Waals surface area contributed by atoms with E-state index in [2.05, 4.69) is 0 Å². The van der Waals surface area contributed by atoms with Gasteiger partial charge in [-0.25, -0.2) is 9.78 Å². The van der Waals surface area contributed by atoms with Gasteiger partial charge in [-0.15, -0.1) is 0 Å². The summed E-state index contributed by atoms with van der Waals surface area (Å²) < 4.78 is 22.9. The van der Waals surface area contributed by atoms with Crippen LogP contribution in [0.15, 0.2) is 98.9 Å². The van der Waals surface area contributed by atoms with Crippen molar-refractivity contribution in [1.82, 2.24) is 9.55 Å². The van der Waals surface area contributed by atoms with Gasteiger partial charge in [-0.3, -0.25) is 9.59 Å². The Bertz CT molecular complexity index is 2340. The summed E-state index contributed by atoms with van der Waals surface area (Å²) in [5, 5.41) is 12.4. The van der Waals surface area contributed by atoms with E-state index < -0.39 is 11.6 Å². The molecule has 8 rings (SSSR count). The number of ether oxygens (including phenoxy) is 3. The minimum atomic E-state index is -1.79. The summed E-state index contributed by atoms with van der Waals surface area (Å²) in [6, 6.07) is 25.6. The number of esters is 1. The van der Waals surface area contributed by atoms with E-state index in [0.717, 1.165) is 27.7 Å². The standard InChI is InChI=1S/C20H16N2O4.C17H14O4/c1-2-20(25)14-8-16-17-12(7-11-5-3-4-6-15(11)21-17)9-22(16)18(23)13(14)10-26-19(20)24;1-19-12-5-3-4-11(8-12)16-10-15(18)14-7-6-13(20-2)9-17(14)21-16/h3-8,25H,2,9-10H2,1H3;3-10H,1-2H3. The number of methoxy groups -OCH3 is 2. The third-order valence-electron chi connectivity index (χ3n) is 8.71. The second-order valence-electron chi connectivity index (χ2n) is 11.4. The van der Waals surface area contributed by atoms with Crippen LogP contribution in [0.4, 0.5) is 0 Å².